The van der Waals surface area contributed by atoms with E-state index in [1.54, 1.807) is 19.2 Å². The standard InChI is InChI=1S/C14H14F2N2O2/c1-18(10-4-5-12(15)13(16)7-10)9-14(19)17-8-11-3-2-6-20-11/h2-7H,8-9H2,1H3,(H,17,19). The monoisotopic (exact) mass is 280 g/mol. The van der Waals surface area contributed by atoms with E-state index in [-0.39, 0.29) is 19.0 Å². The van der Waals surface area contributed by atoms with Gasteiger partial charge in [0.2, 0.25) is 5.91 Å². The molecule has 20 heavy (non-hydrogen) atoms. The van der Waals surface area contributed by atoms with Crippen molar-refractivity contribution in [1.29, 1.82) is 0 Å². The third-order valence-corrected chi connectivity index (χ3v) is 2.76. The van der Waals surface area contributed by atoms with Gasteiger partial charge in [-0.1, -0.05) is 0 Å². The van der Waals surface area contributed by atoms with Crippen LogP contribution in [0.5, 0.6) is 0 Å². The molecule has 1 amide bonds. The molecule has 0 fully saturated rings. The van der Waals surface area contributed by atoms with Crippen LogP contribution in [0.1, 0.15) is 5.76 Å². The van der Waals surface area contributed by atoms with E-state index in [0.717, 1.165) is 12.1 Å². The second-order valence-corrected chi connectivity index (χ2v) is 4.31. The first kappa shape index (κ1) is 14.0. The minimum Gasteiger partial charge on any atom is -0.467 e. The molecule has 0 unspecified atom stereocenters. The number of rotatable bonds is 5. The summed E-state index contributed by atoms with van der Waals surface area (Å²) in [5.74, 6) is -1.45. The Morgan fingerprint density at radius 3 is 2.75 bits per heavy atom. The fourth-order valence-electron chi connectivity index (χ4n) is 1.68. The lowest BCUT2D eigenvalue weighted by Crippen LogP contribution is -2.34. The predicted molar refractivity (Wildman–Crippen MR) is 70.2 cm³/mol. The Labute approximate surface area is 115 Å². The third kappa shape index (κ3) is 3.57. The smallest absolute Gasteiger partial charge is 0.239 e. The van der Waals surface area contributed by atoms with E-state index >= 15 is 0 Å². The van der Waals surface area contributed by atoms with Gasteiger partial charge in [-0.25, -0.2) is 8.78 Å². The number of carbonyl (C=O) groups excluding carboxylic acids is 1. The Hall–Kier alpha value is -2.37. The summed E-state index contributed by atoms with van der Waals surface area (Å²) in [4.78, 5) is 13.2. The van der Waals surface area contributed by atoms with Crippen molar-refractivity contribution in [2.24, 2.45) is 0 Å². The van der Waals surface area contributed by atoms with Crippen LogP contribution >= 0.6 is 0 Å². The van der Waals surface area contributed by atoms with Crippen LogP contribution in [-0.2, 0) is 11.3 Å². The van der Waals surface area contributed by atoms with Crippen LogP contribution < -0.4 is 10.2 Å². The van der Waals surface area contributed by atoms with E-state index in [2.05, 4.69) is 5.32 Å². The van der Waals surface area contributed by atoms with Crippen LogP contribution in [0.15, 0.2) is 41.0 Å². The second kappa shape index (κ2) is 6.18. The molecule has 0 spiro atoms. The van der Waals surface area contributed by atoms with Crippen molar-refractivity contribution in [1.82, 2.24) is 5.32 Å². The minimum absolute atomic E-state index is 0.0335. The summed E-state index contributed by atoms with van der Waals surface area (Å²) in [5, 5.41) is 2.67. The van der Waals surface area contributed by atoms with Crippen molar-refractivity contribution in [2.75, 3.05) is 18.5 Å². The third-order valence-electron chi connectivity index (χ3n) is 2.76. The summed E-state index contributed by atoms with van der Waals surface area (Å²) >= 11 is 0. The molecule has 6 heteroatoms. The highest BCUT2D eigenvalue weighted by atomic mass is 19.2. The zero-order chi connectivity index (χ0) is 14.5. The Kier molecular flexibility index (Phi) is 4.34. The summed E-state index contributed by atoms with van der Waals surface area (Å²) in [5.41, 5.74) is 0.428. The first-order valence-electron chi connectivity index (χ1n) is 6.01. The van der Waals surface area contributed by atoms with Gasteiger partial charge in [-0.15, -0.1) is 0 Å². The molecule has 0 bridgehead atoms. The molecule has 0 aliphatic carbocycles. The zero-order valence-electron chi connectivity index (χ0n) is 10.9. The van der Waals surface area contributed by atoms with E-state index in [0.29, 0.717) is 11.4 Å². The normalized spacial score (nSPS) is 10.3. The van der Waals surface area contributed by atoms with Gasteiger partial charge in [0.1, 0.15) is 5.76 Å². The number of hydrogen-bond acceptors (Lipinski definition) is 3. The molecule has 1 heterocycles. The molecule has 0 saturated heterocycles. The van der Waals surface area contributed by atoms with E-state index < -0.39 is 11.6 Å². The lowest BCUT2D eigenvalue weighted by atomic mass is 10.2. The summed E-state index contributed by atoms with van der Waals surface area (Å²) in [6.07, 6.45) is 1.52. The van der Waals surface area contributed by atoms with Crippen molar-refractivity contribution in [3.05, 3.63) is 54.0 Å². The van der Waals surface area contributed by atoms with Crippen molar-refractivity contribution in [2.45, 2.75) is 6.54 Å². The molecule has 106 valence electrons. The molecule has 0 atom stereocenters. The maximum absolute atomic E-state index is 13.1. The van der Waals surface area contributed by atoms with Gasteiger partial charge in [-0.05, 0) is 24.3 Å². The first-order valence-corrected chi connectivity index (χ1v) is 6.01. The topological polar surface area (TPSA) is 45.5 Å². The number of nitrogens with zero attached hydrogens (tertiary/aromatic N) is 1. The number of hydrogen-bond donors (Lipinski definition) is 1. The van der Waals surface area contributed by atoms with Gasteiger partial charge in [-0.2, -0.15) is 0 Å². The average Bonchev–Trinajstić information content (AvgIpc) is 2.92. The minimum atomic E-state index is -0.939. The van der Waals surface area contributed by atoms with E-state index in [1.807, 2.05) is 0 Å². The van der Waals surface area contributed by atoms with E-state index in [9.17, 15) is 13.6 Å². The van der Waals surface area contributed by atoms with Crippen molar-refractivity contribution >= 4 is 11.6 Å². The Morgan fingerprint density at radius 2 is 2.10 bits per heavy atom. The molecular weight excluding hydrogens is 266 g/mol. The summed E-state index contributed by atoms with van der Waals surface area (Å²) in [6, 6.07) is 6.98. The number of halogens is 2. The zero-order valence-corrected chi connectivity index (χ0v) is 10.9. The lowest BCUT2D eigenvalue weighted by Gasteiger charge is -2.18. The molecule has 1 N–H and O–H groups in total. The number of likely N-dealkylation sites (N-methyl/N-ethyl adjacent to an activating group) is 1. The SMILES string of the molecule is CN(CC(=O)NCc1ccco1)c1ccc(F)c(F)c1. The molecule has 0 saturated carbocycles. The van der Waals surface area contributed by atoms with Crippen LogP contribution in [0.4, 0.5) is 14.5 Å². The number of amides is 1. The van der Waals surface area contributed by atoms with Gasteiger partial charge in [0, 0.05) is 18.8 Å². The first-order chi connectivity index (χ1) is 9.56. The molecule has 0 radical (unpaired) electrons. The van der Waals surface area contributed by atoms with Crippen molar-refractivity contribution in [3.63, 3.8) is 0 Å². The predicted octanol–water partition coefficient (Wildman–Crippen LogP) is 2.31. The summed E-state index contributed by atoms with van der Waals surface area (Å²) < 4.78 is 31.0. The van der Waals surface area contributed by atoms with E-state index in [4.69, 9.17) is 4.42 Å². The van der Waals surface area contributed by atoms with Crippen LogP contribution in [0.2, 0.25) is 0 Å². The Bertz CT molecular complexity index is 585. The lowest BCUT2D eigenvalue weighted by molar-refractivity contribution is -0.119. The van der Waals surface area contributed by atoms with Crippen LogP contribution in [0.25, 0.3) is 0 Å². The highest BCUT2D eigenvalue weighted by Crippen LogP contribution is 2.16. The van der Waals surface area contributed by atoms with Gasteiger partial charge in [-0.3, -0.25) is 4.79 Å². The fraction of sp³-hybridized carbons (Fsp3) is 0.214. The largest absolute Gasteiger partial charge is 0.467 e. The molecule has 0 aliphatic heterocycles. The summed E-state index contributed by atoms with van der Waals surface area (Å²) in [6.45, 7) is 0.323. The molecule has 0 aliphatic rings. The number of anilines is 1. The maximum Gasteiger partial charge on any atom is 0.239 e. The fourth-order valence-corrected chi connectivity index (χ4v) is 1.68. The second-order valence-electron chi connectivity index (χ2n) is 4.31. The highest BCUT2D eigenvalue weighted by Gasteiger charge is 2.10. The maximum atomic E-state index is 13.1. The van der Waals surface area contributed by atoms with Gasteiger partial charge in [0.15, 0.2) is 11.6 Å². The molecule has 2 aromatic rings. The molecule has 1 aromatic heterocycles. The molecule has 2 rings (SSSR count). The number of carbonyl (C=O) groups is 1. The van der Waals surface area contributed by atoms with Gasteiger partial charge < -0.3 is 14.6 Å². The van der Waals surface area contributed by atoms with E-state index in [1.165, 1.54) is 17.2 Å². The quantitative estimate of drug-likeness (QED) is 0.914. The number of furan rings is 1. The van der Waals surface area contributed by atoms with Crippen molar-refractivity contribution < 1.29 is 18.0 Å². The Balaban J connectivity index is 1.88. The Morgan fingerprint density at radius 1 is 1.30 bits per heavy atom. The van der Waals surface area contributed by atoms with Gasteiger partial charge in [0.05, 0.1) is 19.4 Å². The average molecular weight is 280 g/mol. The van der Waals surface area contributed by atoms with Crippen LogP contribution in [-0.4, -0.2) is 19.5 Å². The molecular formula is C14H14F2N2O2. The molecule has 4 nitrogen and oxygen atoms in total. The number of nitrogens with one attached hydrogen (secondary N) is 1. The molecule has 1 aromatic carbocycles. The van der Waals surface area contributed by atoms with Crippen LogP contribution in [0, 0.1) is 11.6 Å². The number of benzene rings is 1. The summed E-state index contributed by atoms with van der Waals surface area (Å²) in [7, 11) is 1.62. The van der Waals surface area contributed by atoms with Gasteiger partial charge in [0.25, 0.3) is 0 Å². The van der Waals surface area contributed by atoms with Crippen LogP contribution in [0.3, 0.4) is 0 Å². The highest BCUT2D eigenvalue weighted by molar-refractivity contribution is 5.81. The van der Waals surface area contributed by atoms with Crippen molar-refractivity contribution in [3.8, 4) is 0 Å². The van der Waals surface area contributed by atoms with Gasteiger partial charge >= 0.3 is 0 Å².